The van der Waals surface area contributed by atoms with Gasteiger partial charge in [-0.3, -0.25) is 0 Å². The molecule has 4 heteroatoms. The number of rotatable bonds is 2. The van der Waals surface area contributed by atoms with Gasteiger partial charge in [-0.15, -0.1) is 0 Å². The zero-order chi connectivity index (χ0) is 10.7. The minimum Gasteiger partial charge on any atom is -0.244 e. The molecule has 1 aromatic carbocycles. The van der Waals surface area contributed by atoms with Crippen LogP contribution in [0.2, 0.25) is 5.15 Å². The third kappa shape index (κ3) is 2.94. The van der Waals surface area contributed by atoms with E-state index >= 15 is 0 Å². The van der Waals surface area contributed by atoms with Gasteiger partial charge in [-0.05, 0) is 30.3 Å². The van der Waals surface area contributed by atoms with Crippen molar-refractivity contribution in [2.24, 2.45) is 0 Å². The molecule has 0 spiro atoms. The van der Waals surface area contributed by atoms with Crippen molar-refractivity contribution in [3.05, 3.63) is 53.6 Å². The number of hydrogen-bond donors (Lipinski definition) is 0. The number of hydrogen-bond acceptors (Lipinski definition) is 2. The van der Waals surface area contributed by atoms with E-state index in [0.717, 1.165) is 9.79 Å². The maximum Gasteiger partial charge on any atom is 0.130 e. The van der Waals surface area contributed by atoms with Crippen molar-refractivity contribution in [2.45, 2.75) is 9.79 Å². The standard InChI is InChI=1S/C11H7ClFNS/c12-11-7-10(4-5-14-11)15-9-3-1-2-8(13)6-9/h1-7H. The molecule has 0 N–H and O–H groups in total. The summed E-state index contributed by atoms with van der Waals surface area (Å²) in [5, 5.41) is 0.441. The highest BCUT2D eigenvalue weighted by Gasteiger charge is 1.99. The van der Waals surface area contributed by atoms with E-state index in [4.69, 9.17) is 11.6 Å². The highest BCUT2D eigenvalue weighted by molar-refractivity contribution is 7.99. The molecule has 0 amide bonds. The Hall–Kier alpha value is -1.06. The lowest BCUT2D eigenvalue weighted by molar-refractivity contribution is 0.624. The van der Waals surface area contributed by atoms with Crippen molar-refractivity contribution in [2.75, 3.05) is 0 Å². The lowest BCUT2D eigenvalue weighted by Gasteiger charge is -2.01. The van der Waals surface area contributed by atoms with E-state index in [1.54, 1.807) is 18.3 Å². The van der Waals surface area contributed by atoms with Gasteiger partial charge in [0.25, 0.3) is 0 Å². The normalized spacial score (nSPS) is 10.3. The molecule has 2 rings (SSSR count). The van der Waals surface area contributed by atoms with Crippen LogP contribution in [-0.2, 0) is 0 Å². The summed E-state index contributed by atoms with van der Waals surface area (Å²) in [6, 6.07) is 10.0. The predicted molar refractivity (Wildman–Crippen MR) is 59.8 cm³/mol. The Balaban J connectivity index is 2.22. The lowest BCUT2D eigenvalue weighted by atomic mass is 10.4. The lowest BCUT2D eigenvalue weighted by Crippen LogP contribution is -1.78. The summed E-state index contributed by atoms with van der Waals surface area (Å²) < 4.78 is 12.9. The summed E-state index contributed by atoms with van der Waals surface area (Å²) in [4.78, 5) is 5.67. The highest BCUT2D eigenvalue weighted by Crippen LogP contribution is 2.28. The summed E-state index contributed by atoms with van der Waals surface area (Å²) >= 11 is 7.20. The Kier molecular flexibility index (Phi) is 3.23. The van der Waals surface area contributed by atoms with Gasteiger partial charge in [0, 0.05) is 16.0 Å². The van der Waals surface area contributed by atoms with Gasteiger partial charge >= 0.3 is 0 Å². The molecule has 1 nitrogen and oxygen atoms in total. The highest BCUT2D eigenvalue weighted by atomic mass is 35.5. The average molecular weight is 240 g/mol. The first-order valence-corrected chi connectivity index (χ1v) is 5.48. The van der Waals surface area contributed by atoms with Gasteiger partial charge in [-0.25, -0.2) is 9.37 Å². The fraction of sp³-hybridized carbons (Fsp3) is 0. The fourth-order valence-corrected chi connectivity index (χ4v) is 2.24. The van der Waals surface area contributed by atoms with Crippen molar-refractivity contribution < 1.29 is 4.39 Å². The smallest absolute Gasteiger partial charge is 0.130 e. The van der Waals surface area contributed by atoms with Crippen LogP contribution in [0.4, 0.5) is 4.39 Å². The van der Waals surface area contributed by atoms with Crippen molar-refractivity contribution in [1.29, 1.82) is 0 Å². The topological polar surface area (TPSA) is 12.9 Å². The molecule has 15 heavy (non-hydrogen) atoms. The first kappa shape index (κ1) is 10.5. The molecule has 0 unspecified atom stereocenters. The van der Waals surface area contributed by atoms with Crippen molar-refractivity contribution in [1.82, 2.24) is 4.98 Å². The predicted octanol–water partition coefficient (Wildman–Crippen LogP) is 4.03. The van der Waals surface area contributed by atoms with Crippen molar-refractivity contribution in [3.63, 3.8) is 0 Å². The Morgan fingerprint density at radius 1 is 1.13 bits per heavy atom. The van der Waals surface area contributed by atoms with E-state index < -0.39 is 0 Å². The van der Waals surface area contributed by atoms with Gasteiger partial charge in [-0.1, -0.05) is 29.4 Å². The second-order valence-corrected chi connectivity index (χ2v) is 4.41. The van der Waals surface area contributed by atoms with Crippen molar-refractivity contribution >= 4 is 23.4 Å². The van der Waals surface area contributed by atoms with E-state index in [1.165, 1.54) is 23.9 Å². The molecule has 0 saturated carbocycles. The molecule has 2 aromatic rings. The Morgan fingerprint density at radius 3 is 2.67 bits per heavy atom. The maximum absolute atomic E-state index is 12.9. The van der Waals surface area contributed by atoms with Gasteiger partial charge in [0.15, 0.2) is 0 Å². The van der Waals surface area contributed by atoms with Gasteiger partial charge in [0.05, 0.1) is 0 Å². The molecule has 0 aliphatic rings. The van der Waals surface area contributed by atoms with E-state index in [1.807, 2.05) is 12.1 Å². The number of pyridine rings is 1. The molecule has 0 bridgehead atoms. The van der Waals surface area contributed by atoms with Gasteiger partial charge in [0.2, 0.25) is 0 Å². The van der Waals surface area contributed by atoms with E-state index in [-0.39, 0.29) is 5.82 Å². The Bertz CT molecular complexity index is 432. The molecule has 0 atom stereocenters. The van der Waals surface area contributed by atoms with Crippen molar-refractivity contribution in [3.8, 4) is 0 Å². The quantitative estimate of drug-likeness (QED) is 0.734. The van der Waals surface area contributed by atoms with Crippen LogP contribution in [0.3, 0.4) is 0 Å². The molecule has 0 aliphatic heterocycles. The summed E-state index contributed by atoms with van der Waals surface area (Å²) in [7, 11) is 0. The second-order valence-electron chi connectivity index (χ2n) is 2.87. The SMILES string of the molecule is Fc1cccc(Sc2ccnc(Cl)c2)c1. The van der Waals surface area contributed by atoms with E-state index in [2.05, 4.69) is 4.98 Å². The zero-order valence-corrected chi connectivity index (χ0v) is 9.23. The van der Waals surface area contributed by atoms with Gasteiger partial charge in [0.1, 0.15) is 11.0 Å². The van der Waals surface area contributed by atoms with E-state index in [9.17, 15) is 4.39 Å². The van der Waals surface area contributed by atoms with Crippen LogP contribution < -0.4 is 0 Å². The summed E-state index contributed by atoms with van der Waals surface area (Å²) in [6.45, 7) is 0. The van der Waals surface area contributed by atoms with Crippen LogP contribution in [0.1, 0.15) is 0 Å². The number of aromatic nitrogens is 1. The Labute approximate surface area is 96.3 Å². The van der Waals surface area contributed by atoms with Crippen LogP contribution in [0.5, 0.6) is 0 Å². The second kappa shape index (κ2) is 4.64. The molecule has 0 saturated heterocycles. The molecule has 0 fully saturated rings. The van der Waals surface area contributed by atoms with Crippen LogP contribution in [-0.4, -0.2) is 4.98 Å². The number of nitrogens with zero attached hydrogens (tertiary/aromatic N) is 1. The van der Waals surface area contributed by atoms with Crippen LogP contribution in [0, 0.1) is 5.82 Å². The number of benzene rings is 1. The summed E-state index contributed by atoms with van der Waals surface area (Å²) in [6.07, 6.45) is 1.63. The molecular weight excluding hydrogens is 233 g/mol. The minimum atomic E-state index is -0.236. The van der Waals surface area contributed by atoms with Gasteiger partial charge in [-0.2, -0.15) is 0 Å². The Morgan fingerprint density at radius 2 is 1.93 bits per heavy atom. The third-order valence-corrected chi connectivity index (χ3v) is 2.92. The first-order valence-electron chi connectivity index (χ1n) is 4.29. The van der Waals surface area contributed by atoms with Crippen LogP contribution >= 0.6 is 23.4 Å². The molecular formula is C11H7ClFNS. The maximum atomic E-state index is 12.9. The molecule has 1 heterocycles. The number of halogens is 2. The molecule has 1 aromatic heterocycles. The molecule has 0 aliphatic carbocycles. The summed E-state index contributed by atoms with van der Waals surface area (Å²) in [5.41, 5.74) is 0. The first-order chi connectivity index (χ1) is 7.24. The molecule has 76 valence electrons. The average Bonchev–Trinajstić information content (AvgIpc) is 2.17. The fourth-order valence-electron chi connectivity index (χ4n) is 1.11. The van der Waals surface area contributed by atoms with E-state index in [0.29, 0.717) is 5.15 Å². The minimum absolute atomic E-state index is 0.236. The zero-order valence-electron chi connectivity index (χ0n) is 7.65. The monoisotopic (exact) mass is 239 g/mol. The third-order valence-electron chi connectivity index (χ3n) is 1.73. The molecule has 0 radical (unpaired) electrons. The van der Waals surface area contributed by atoms with Crippen LogP contribution in [0.15, 0.2) is 52.4 Å². The van der Waals surface area contributed by atoms with Gasteiger partial charge < -0.3 is 0 Å². The largest absolute Gasteiger partial charge is 0.244 e. The summed E-state index contributed by atoms with van der Waals surface area (Å²) in [5.74, 6) is -0.236. The van der Waals surface area contributed by atoms with Crippen LogP contribution in [0.25, 0.3) is 0 Å².